The van der Waals surface area contributed by atoms with Gasteiger partial charge < -0.3 is 14.2 Å². The number of esters is 2. The number of allylic oxidation sites excluding steroid dienone is 1. The standard InChI is InChI=1S/C10H14O5/c1-6-9(10(12)13-3)4-8(15-6)5-14-7(2)11/h8H,4-5H2,1-3H3. The largest absolute Gasteiger partial charge is 0.491 e. The van der Waals surface area contributed by atoms with E-state index < -0.39 is 5.97 Å². The molecule has 1 aliphatic heterocycles. The van der Waals surface area contributed by atoms with Crippen LogP contribution in [-0.2, 0) is 23.8 Å². The topological polar surface area (TPSA) is 61.8 Å². The van der Waals surface area contributed by atoms with Crippen LogP contribution in [0, 0.1) is 0 Å². The molecule has 5 heteroatoms. The van der Waals surface area contributed by atoms with E-state index in [4.69, 9.17) is 9.47 Å². The first-order valence-corrected chi connectivity index (χ1v) is 4.62. The van der Waals surface area contributed by atoms with Crippen molar-refractivity contribution in [1.29, 1.82) is 0 Å². The fourth-order valence-electron chi connectivity index (χ4n) is 1.39. The van der Waals surface area contributed by atoms with Crippen LogP contribution in [0.5, 0.6) is 0 Å². The molecule has 1 rings (SSSR count). The molecule has 0 amide bonds. The molecule has 1 heterocycles. The lowest BCUT2D eigenvalue weighted by Gasteiger charge is -2.10. The summed E-state index contributed by atoms with van der Waals surface area (Å²) in [6.07, 6.45) is 0.147. The Bertz CT molecular complexity index is 305. The van der Waals surface area contributed by atoms with Gasteiger partial charge in [0.2, 0.25) is 0 Å². The molecule has 0 aromatic rings. The van der Waals surface area contributed by atoms with Crippen molar-refractivity contribution in [3.05, 3.63) is 11.3 Å². The van der Waals surface area contributed by atoms with E-state index in [0.717, 1.165) is 0 Å². The fraction of sp³-hybridized carbons (Fsp3) is 0.600. The number of rotatable bonds is 3. The maximum atomic E-state index is 11.2. The van der Waals surface area contributed by atoms with E-state index in [0.29, 0.717) is 17.8 Å². The van der Waals surface area contributed by atoms with Crippen molar-refractivity contribution in [2.45, 2.75) is 26.4 Å². The minimum Gasteiger partial charge on any atom is -0.491 e. The molecule has 0 fully saturated rings. The molecule has 0 aromatic heterocycles. The summed E-state index contributed by atoms with van der Waals surface area (Å²) >= 11 is 0. The van der Waals surface area contributed by atoms with Crippen LogP contribution in [0.15, 0.2) is 11.3 Å². The molecule has 0 radical (unpaired) electrons. The highest BCUT2D eigenvalue weighted by Crippen LogP contribution is 2.25. The molecule has 0 aliphatic carbocycles. The molecule has 0 N–H and O–H groups in total. The third kappa shape index (κ3) is 2.97. The molecular weight excluding hydrogens is 200 g/mol. The van der Waals surface area contributed by atoms with Gasteiger partial charge in [0.15, 0.2) is 0 Å². The molecule has 1 unspecified atom stereocenters. The maximum absolute atomic E-state index is 11.2. The van der Waals surface area contributed by atoms with Crippen LogP contribution in [0.3, 0.4) is 0 Å². The molecule has 0 saturated carbocycles. The van der Waals surface area contributed by atoms with Crippen LogP contribution < -0.4 is 0 Å². The average molecular weight is 214 g/mol. The van der Waals surface area contributed by atoms with Crippen molar-refractivity contribution < 1.29 is 23.8 Å². The van der Waals surface area contributed by atoms with Crippen molar-refractivity contribution in [3.63, 3.8) is 0 Å². The van der Waals surface area contributed by atoms with Crippen LogP contribution in [0.2, 0.25) is 0 Å². The summed E-state index contributed by atoms with van der Waals surface area (Å²) in [6, 6.07) is 0. The first-order valence-electron chi connectivity index (χ1n) is 4.62. The van der Waals surface area contributed by atoms with Gasteiger partial charge in [0, 0.05) is 13.3 Å². The highest BCUT2D eigenvalue weighted by atomic mass is 16.6. The van der Waals surface area contributed by atoms with E-state index in [2.05, 4.69) is 4.74 Å². The van der Waals surface area contributed by atoms with E-state index in [1.165, 1.54) is 14.0 Å². The van der Waals surface area contributed by atoms with Crippen molar-refractivity contribution in [2.24, 2.45) is 0 Å². The fourth-order valence-corrected chi connectivity index (χ4v) is 1.39. The van der Waals surface area contributed by atoms with Gasteiger partial charge in [0.05, 0.1) is 12.7 Å². The second-order valence-electron chi connectivity index (χ2n) is 3.27. The van der Waals surface area contributed by atoms with Crippen LogP contribution in [-0.4, -0.2) is 31.8 Å². The Morgan fingerprint density at radius 2 is 2.20 bits per heavy atom. The van der Waals surface area contributed by atoms with Gasteiger partial charge >= 0.3 is 11.9 Å². The van der Waals surface area contributed by atoms with Gasteiger partial charge in [-0.25, -0.2) is 4.79 Å². The minimum absolute atomic E-state index is 0.160. The predicted molar refractivity (Wildman–Crippen MR) is 50.8 cm³/mol. The van der Waals surface area contributed by atoms with Gasteiger partial charge in [-0.1, -0.05) is 0 Å². The summed E-state index contributed by atoms with van der Waals surface area (Å²) in [7, 11) is 1.32. The van der Waals surface area contributed by atoms with Gasteiger partial charge in [0.1, 0.15) is 18.5 Å². The van der Waals surface area contributed by atoms with E-state index >= 15 is 0 Å². The smallest absolute Gasteiger partial charge is 0.337 e. The first-order chi connectivity index (χ1) is 7.04. The van der Waals surface area contributed by atoms with Crippen LogP contribution >= 0.6 is 0 Å². The number of methoxy groups -OCH3 is 1. The number of ether oxygens (including phenoxy) is 3. The van der Waals surface area contributed by atoms with Crippen LogP contribution in [0.1, 0.15) is 20.3 Å². The molecular formula is C10H14O5. The Morgan fingerprint density at radius 1 is 1.53 bits per heavy atom. The normalized spacial score (nSPS) is 19.8. The molecule has 1 atom stereocenters. The van der Waals surface area contributed by atoms with E-state index in [-0.39, 0.29) is 18.7 Å². The number of carbonyl (C=O) groups is 2. The molecule has 0 bridgehead atoms. The summed E-state index contributed by atoms with van der Waals surface area (Å²) in [5.41, 5.74) is 0.509. The lowest BCUT2D eigenvalue weighted by molar-refractivity contribution is -0.143. The van der Waals surface area contributed by atoms with Crippen LogP contribution in [0.4, 0.5) is 0 Å². The number of hydrogen-bond acceptors (Lipinski definition) is 5. The average Bonchev–Trinajstić information content (AvgIpc) is 2.55. The highest BCUT2D eigenvalue weighted by molar-refractivity contribution is 5.89. The molecule has 0 aromatic carbocycles. The summed E-state index contributed by atoms with van der Waals surface area (Å²) in [4.78, 5) is 21.8. The second-order valence-corrected chi connectivity index (χ2v) is 3.27. The second kappa shape index (κ2) is 4.82. The molecule has 5 nitrogen and oxygen atoms in total. The molecule has 84 valence electrons. The van der Waals surface area contributed by atoms with Gasteiger partial charge in [-0.15, -0.1) is 0 Å². The zero-order chi connectivity index (χ0) is 11.4. The van der Waals surface area contributed by atoms with Gasteiger partial charge in [-0.2, -0.15) is 0 Å². The molecule has 1 aliphatic rings. The summed E-state index contributed by atoms with van der Waals surface area (Å²) in [5, 5.41) is 0. The number of carbonyl (C=O) groups excluding carboxylic acids is 2. The number of hydrogen-bond donors (Lipinski definition) is 0. The molecule has 0 spiro atoms. The highest BCUT2D eigenvalue weighted by Gasteiger charge is 2.28. The maximum Gasteiger partial charge on any atom is 0.337 e. The van der Waals surface area contributed by atoms with Gasteiger partial charge in [-0.05, 0) is 6.92 Å². The SMILES string of the molecule is COC(=O)C1=C(C)OC(COC(C)=O)C1. The lowest BCUT2D eigenvalue weighted by atomic mass is 10.1. The summed E-state index contributed by atoms with van der Waals surface area (Å²) in [6.45, 7) is 3.18. The first kappa shape index (κ1) is 11.6. The van der Waals surface area contributed by atoms with Gasteiger partial charge in [-0.3, -0.25) is 4.79 Å². The summed E-state index contributed by atoms with van der Waals surface area (Å²) in [5.74, 6) is -0.209. The predicted octanol–water partition coefficient (Wildman–Crippen LogP) is 0.785. The Labute approximate surface area is 88.0 Å². The summed E-state index contributed by atoms with van der Waals surface area (Å²) < 4.78 is 14.7. The van der Waals surface area contributed by atoms with Crippen molar-refractivity contribution in [2.75, 3.05) is 13.7 Å². The van der Waals surface area contributed by atoms with Crippen molar-refractivity contribution in [1.82, 2.24) is 0 Å². The Hall–Kier alpha value is -1.52. The molecule has 15 heavy (non-hydrogen) atoms. The monoisotopic (exact) mass is 214 g/mol. The Balaban J connectivity index is 2.48. The quantitative estimate of drug-likeness (QED) is 0.650. The van der Waals surface area contributed by atoms with E-state index in [1.807, 2.05) is 0 Å². The Kier molecular flexibility index (Phi) is 3.71. The molecule has 0 saturated heterocycles. The van der Waals surface area contributed by atoms with E-state index in [1.54, 1.807) is 6.92 Å². The van der Waals surface area contributed by atoms with Gasteiger partial charge in [0.25, 0.3) is 0 Å². The third-order valence-corrected chi connectivity index (χ3v) is 2.10. The van der Waals surface area contributed by atoms with E-state index in [9.17, 15) is 9.59 Å². The van der Waals surface area contributed by atoms with Crippen molar-refractivity contribution in [3.8, 4) is 0 Å². The van der Waals surface area contributed by atoms with Crippen molar-refractivity contribution >= 4 is 11.9 Å². The minimum atomic E-state index is -0.391. The zero-order valence-corrected chi connectivity index (χ0v) is 9.03. The lowest BCUT2D eigenvalue weighted by Crippen LogP contribution is -2.17. The Morgan fingerprint density at radius 3 is 2.73 bits per heavy atom. The van der Waals surface area contributed by atoms with Crippen LogP contribution in [0.25, 0.3) is 0 Å². The third-order valence-electron chi connectivity index (χ3n) is 2.10. The zero-order valence-electron chi connectivity index (χ0n) is 9.03.